The van der Waals surface area contributed by atoms with Gasteiger partial charge in [-0.3, -0.25) is 29.6 Å². The predicted molar refractivity (Wildman–Crippen MR) is 150 cm³/mol. The van der Waals surface area contributed by atoms with Gasteiger partial charge in [-0.1, -0.05) is 24.3 Å². The number of benzene rings is 4. The van der Waals surface area contributed by atoms with Gasteiger partial charge in [0.1, 0.15) is 4.90 Å². The molecule has 0 saturated heterocycles. The summed E-state index contributed by atoms with van der Waals surface area (Å²) in [6, 6.07) is 15.7. The van der Waals surface area contributed by atoms with Crippen molar-refractivity contribution in [3.63, 3.8) is 0 Å². The molecular formula is C27H19N3O10S2. The fraction of sp³-hybridized carbons (Fsp3) is 0.0741. The van der Waals surface area contributed by atoms with Gasteiger partial charge in [0, 0.05) is 23.3 Å². The van der Waals surface area contributed by atoms with Crippen molar-refractivity contribution in [3.05, 3.63) is 115 Å². The Hall–Kier alpha value is -4.99. The number of carbonyl (C=O) groups is 1. The van der Waals surface area contributed by atoms with Crippen molar-refractivity contribution in [2.45, 2.75) is 23.6 Å². The molecule has 0 aliphatic heterocycles. The maximum atomic E-state index is 14.2. The molecule has 0 unspecified atom stereocenters. The van der Waals surface area contributed by atoms with Gasteiger partial charge >= 0.3 is 0 Å². The Kier molecular flexibility index (Phi) is 6.68. The monoisotopic (exact) mass is 609 g/mol. The maximum absolute atomic E-state index is 14.2. The number of sulfonamides is 1. The molecule has 1 aliphatic carbocycles. The first-order valence-corrected chi connectivity index (χ1v) is 14.9. The van der Waals surface area contributed by atoms with Crippen LogP contribution in [-0.2, 0) is 20.1 Å². The van der Waals surface area contributed by atoms with Gasteiger partial charge in [0.15, 0.2) is 5.78 Å². The molecule has 1 N–H and O–H groups in total. The highest BCUT2D eigenvalue weighted by atomic mass is 32.2. The highest BCUT2D eigenvalue weighted by molar-refractivity contribution is 7.93. The van der Waals surface area contributed by atoms with E-state index in [1.54, 1.807) is 50.2 Å². The van der Waals surface area contributed by atoms with E-state index in [0.717, 1.165) is 10.4 Å². The summed E-state index contributed by atoms with van der Waals surface area (Å²) in [5.41, 5.74) is -2.34. The van der Waals surface area contributed by atoms with Crippen LogP contribution in [0.2, 0.25) is 0 Å². The van der Waals surface area contributed by atoms with Crippen molar-refractivity contribution in [2.75, 3.05) is 4.31 Å². The maximum Gasteiger partial charge on any atom is 0.294 e. The van der Waals surface area contributed by atoms with E-state index < -0.39 is 79.2 Å². The minimum absolute atomic E-state index is 0.201. The van der Waals surface area contributed by atoms with Crippen LogP contribution in [0.3, 0.4) is 0 Å². The lowest BCUT2D eigenvalue weighted by Gasteiger charge is -2.25. The highest BCUT2D eigenvalue weighted by Crippen LogP contribution is 2.49. The van der Waals surface area contributed by atoms with Gasteiger partial charge in [0.05, 0.1) is 37.2 Å². The van der Waals surface area contributed by atoms with Crippen LogP contribution in [0.4, 0.5) is 22.7 Å². The van der Waals surface area contributed by atoms with Crippen molar-refractivity contribution in [1.29, 1.82) is 0 Å². The van der Waals surface area contributed by atoms with E-state index >= 15 is 0 Å². The standard InChI is InChI=1S/C27H19N3O10S2/c1-15-5-3-7-17(9-15)28(18-8-4-6-16(2)10-18)41(36,37)19-11-21-25(23(13-19)29(32)33)26-22(27(21)31)12-20(42(38,39)40)14-24(26)30(34)35/h3-14H,1-2H3,(H,38,39,40). The third kappa shape index (κ3) is 4.68. The number of nitro benzene ring substituents is 2. The van der Waals surface area contributed by atoms with Crippen molar-refractivity contribution >= 4 is 48.7 Å². The summed E-state index contributed by atoms with van der Waals surface area (Å²) >= 11 is 0. The van der Waals surface area contributed by atoms with E-state index in [4.69, 9.17) is 0 Å². The van der Waals surface area contributed by atoms with E-state index in [2.05, 4.69) is 0 Å². The number of hydrogen-bond acceptors (Lipinski definition) is 9. The third-order valence-corrected chi connectivity index (χ3v) is 9.19. The van der Waals surface area contributed by atoms with Gasteiger partial charge in [0.25, 0.3) is 31.5 Å². The van der Waals surface area contributed by atoms with Gasteiger partial charge in [-0.05, 0) is 61.4 Å². The van der Waals surface area contributed by atoms with E-state index in [1.807, 2.05) is 0 Å². The first kappa shape index (κ1) is 28.5. The molecule has 0 atom stereocenters. The fourth-order valence-electron chi connectivity index (χ4n) is 4.86. The Labute approximate surface area is 238 Å². The normalized spacial score (nSPS) is 12.5. The van der Waals surface area contributed by atoms with E-state index in [1.165, 1.54) is 12.1 Å². The zero-order valence-corrected chi connectivity index (χ0v) is 23.3. The van der Waals surface area contributed by atoms with Crippen molar-refractivity contribution in [1.82, 2.24) is 0 Å². The zero-order chi connectivity index (χ0) is 30.7. The molecule has 1 aliphatic rings. The van der Waals surface area contributed by atoms with Crippen LogP contribution in [0, 0.1) is 34.1 Å². The van der Waals surface area contributed by atoms with Crippen LogP contribution >= 0.6 is 0 Å². The number of nitrogens with zero attached hydrogens (tertiary/aromatic N) is 3. The number of rotatable bonds is 7. The summed E-state index contributed by atoms with van der Waals surface area (Å²) < 4.78 is 62.5. The second-order valence-corrected chi connectivity index (χ2v) is 12.7. The average Bonchev–Trinajstić information content (AvgIpc) is 3.19. The Morgan fingerprint density at radius 2 is 1.12 bits per heavy atom. The van der Waals surface area contributed by atoms with Crippen LogP contribution < -0.4 is 4.31 Å². The first-order chi connectivity index (χ1) is 19.6. The third-order valence-electron chi connectivity index (χ3n) is 6.62. The number of fused-ring (bicyclic) bond motifs is 3. The van der Waals surface area contributed by atoms with Gasteiger partial charge in [-0.15, -0.1) is 0 Å². The average molecular weight is 610 g/mol. The van der Waals surface area contributed by atoms with Crippen molar-refractivity contribution in [3.8, 4) is 11.1 Å². The van der Waals surface area contributed by atoms with Crippen LogP contribution in [0.5, 0.6) is 0 Å². The number of aryl methyl sites for hydroxylation is 2. The summed E-state index contributed by atoms with van der Waals surface area (Å²) in [6.45, 7) is 3.49. The van der Waals surface area contributed by atoms with Gasteiger partial charge in [-0.25, -0.2) is 12.7 Å². The summed E-state index contributed by atoms with van der Waals surface area (Å²) in [7, 11) is -9.70. The Bertz CT molecular complexity index is 2050. The largest absolute Gasteiger partial charge is 0.294 e. The number of nitro groups is 2. The lowest BCUT2D eigenvalue weighted by Crippen LogP contribution is -2.26. The summed E-state index contributed by atoms with van der Waals surface area (Å²) in [5, 5.41) is 24.1. The highest BCUT2D eigenvalue weighted by Gasteiger charge is 2.42. The molecule has 0 spiro atoms. The molecule has 4 aromatic rings. The predicted octanol–water partition coefficient (Wildman–Crippen LogP) is 5.10. The SMILES string of the molecule is Cc1cccc(N(c2cccc(C)c2)S(=O)(=O)c2cc3c(c([N+](=O)[O-])c2)-c2c(cc(S(=O)(=O)O)cc2[N+](=O)[O-])C3=O)c1. The van der Waals surface area contributed by atoms with Crippen LogP contribution in [-0.4, -0.2) is 37.0 Å². The van der Waals surface area contributed by atoms with E-state index in [-0.39, 0.29) is 11.4 Å². The van der Waals surface area contributed by atoms with Gasteiger partial charge in [0.2, 0.25) is 0 Å². The Morgan fingerprint density at radius 1 is 0.690 bits per heavy atom. The van der Waals surface area contributed by atoms with Gasteiger partial charge < -0.3 is 0 Å². The van der Waals surface area contributed by atoms with Crippen LogP contribution in [0.15, 0.2) is 82.6 Å². The summed E-state index contributed by atoms with van der Waals surface area (Å²) in [5.74, 6) is -1.09. The molecule has 0 bridgehead atoms. The molecule has 0 fully saturated rings. The topological polar surface area (TPSA) is 195 Å². The molecule has 0 heterocycles. The second kappa shape index (κ2) is 9.83. The number of hydrogen-bond donors (Lipinski definition) is 1. The number of anilines is 2. The molecular weight excluding hydrogens is 590 g/mol. The summed E-state index contributed by atoms with van der Waals surface area (Å²) in [4.78, 5) is 33.9. The first-order valence-electron chi connectivity index (χ1n) is 12.0. The van der Waals surface area contributed by atoms with Crippen LogP contribution in [0.1, 0.15) is 27.0 Å². The molecule has 42 heavy (non-hydrogen) atoms. The van der Waals surface area contributed by atoms with Crippen molar-refractivity contribution in [2.24, 2.45) is 0 Å². The zero-order valence-electron chi connectivity index (χ0n) is 21.7. The van der Waals surface area contributed by atoms with Crippen LogP contribution in [0.25, 0.3) is 11.1 Å². The molecule has 0 amide bonds. The molecule has 5 rings (SSSR count). The molecule has 214 valence electrons. The Balaban J connectivity index is 1.82. The van der Waals surface area contributed by atoms with E-state index in [9.17, 15) is 46.4 Å². The van der Waals surface area contributed by atoms with Crippen molar-refractivity contribution < 1.29 is 36.0 Å². The molecule has 13 nitrogen and oxygen atoms in total. The van der Waals surface area contributed by atoms with E-state index in [0.29, 0.717) is 29.3 Å². The number of carbonyl (C=O) groups excluding carboxylic acids is 1. The smallest absolute Gasteiger partial charge is 0.289 e. The molecule has 0 saturated carbocycles. The second-order valence-electron chi connectivity index (χ2n) is 9.50. The minimum atomic E-state index is -5.02. The van der Waals surface area contributed by atoms with Gasteiger partial charge in [-0.2, -0.15) is 8.42 Å². The molecule has 15 heteroatoms. The molecule has 0 radical (unpaired) electrons. The lowest BCUT2D eigenvalue weighted by atomic mass is 10.0. The fourth-order valence-corrected chi connectivity index (χ4v) is 6.90. The quantitative estimate of drug-likeness (QED) is 0.147. The lowest BCUT2D eigenvalue weighted by molar-refractivity contribution is -0.386. The molecule has 4 aromatic carbocycles. The Morgan fingerprint density at radius 3 is 1.52 bits per heavy atom. The molecule has 0 aromatic heterocycles. The summed E-state index contributed by atoms with van der Waals surface area (Å²) in [6.07, 6.45) is 0. The number of ketones is 1. The minimum Gasteiger partial charge on any atom is -0.289 e.